The van der Waals surface area contributed by atoms with Gasteiger partial charge in [-0.05, 0) is 12.1 Å². The first-order valence-electron chi connectivity index (χ1n) is 7.66. The molecule has 0 saturated carbocycles. The van der Waals surface area contributed by atoms with Crippen LogP contribution in [0, 0.1) is 0 Å². The first kappa shape index (κ1) is 17.7. The van der Waals surface area contributed by atoms with Crippen molar-refractivity contribution in [3.63, 3.8) is 0 Å². The second-order valence-corrected chi connectivity index (χ2v) is 6.93. The Morgan fingerprint density at radius 2 is 1.62 bits per heavy atom. The molecule has 0 bridgehead atoms. The Bertz CT molecular complexity index is 991. The molecule has 0 saturated heterocycles. The van der Waals surface area contributed by atoms with Gasteiger partial charge in [-0.25, -0.2) is 18.4 Å². The van der Waals surface area contributed by atoms with E-state index in [1.165, 1.54) is 38.7 Å². The maximum atomic E-state index is 12.7. The van der Waals surface area contributed by atoms with E-state index in [9.17, 15) is 8.42 Å². The molecule has 0 aliphatic heterocycles. The van der Waals surface area contributed by atoms with Crippen LogP contribution >= 0.6 is 0 Å². The topological polar surface area (TPSA) is 90.4 Å². The second kappa shape index (κ2) is 7.40. The molecule has 0 radical (unpaired) electrons. The molecule has 0 fully saturated rings. The van der Waals surface area contributed by atoms with E-state index >= 15 is 0 Å². The molecule has 0 atom stereocenters. The molecule has 1 heterocycles. The average Bonchev–Trinajstić information content (AvgIpc) is 2.68. The van der Waals surface area contributed by atoms with Crippen LogP contribution in [0.4, 0.5) is 5.69 Å². The number of benzene rings is 2. The van der Waals surface area contributed by atoms with Crippen molar-refractivity contribution >= 4 is 15.7 Å². The van der Waals surface area contributed by atoms with E-state index in [1.54, 1.807) is 6.07 Å². The van der Waals surface area contributed by atoms with Crippen LogP contribution in [0.15, 0.2) is 65.8 Å². The van der Waals surface area contributed by atoms with E-state index in [-0.39, 0.29) is 16.3 Å². The lowest BCUT2D eigenvalue weighted by molar-refractivity contribution is 0.392. The van der Waals surface area contributed by atoms with Crippen LogP contribution in [0.25, 0.3) is 11.4 Å². The van der Waals surface area contributed by atoms with Gasteiger partial charge in [-0.3, -0.25) is 4.72 Å². The number of rotatable bonds is 6. The molecule has 134 valence electrons. The van der Waals surface area contributed by atoms with Crippen LogP contribution in [0.2, 0.25) is 0 Å². The average molecular weight is 371 g/mol. The number of nitrogens with one attached hydrogen (secondary N) is 1. The summed E-state index contributed by atoms with van der Waals surface area (Å²) in [5.74, 6) is 1.12. The summed E-state index contributed by atoms with van der Waals surface area (Å²) in [6.45, 7) is 0. The Labute approximate surface area is 151 Å². The molecule has 0 aliphatic carbocycles. The fraction of sp³-hybridized carbons (Fsp3) is 0.111. The number of hydrogen-bond acceptors (Lipinski definition) is 6. The first-order chi connectivity index (χ1) is 12.5. The molecule has 0 spiro atoms. The number of ether oxygens (including phenoxy) is 2. The van der Waals surface area contributed by atoms with Gasteiger partial charge in [-0.1, -0.05) is 30.3 Å². The van der Waals surface area contributed by atoms with Gasteiger partial charge in [-0.15, -0.1) is 0 Å². The minimum atomic E-state index is -3.90. The maximum absolute atomic E-state index is 12.7. The number of hydrogen-bond donors (Lipinski definition) is 1. The second-order valence-electron chi connectivity index (χ2n) is 5.28. The van der Waals surface area contributed by atoms with Crippen LogP contribution in [0.3, 0.4) is 0 Å². The van der Waals surface area contributed by atoms with Gasteiger partial charge < -0.3 is 9.47 Å². The molecule has 1 N–H and O–H groups in total. The Kier molecular flexibility index (Phi) is 5.04. The zero-order valence-electron chi connectivity index (χ0n) is 14.2. The SMILES string of the molecule is COc1ccc(OC)c(S(=O)(=O)Nc2cnc(-c3ccccc3)nc2)c1. The monoisotopic (exact) mass is 371 g/mol. The lowest BCUT2D eigenvalue weighted by Gasteiger charge is -2.12. The summed E-state index contributed by atoms with van der Waals surface area (Å²) in [6, 6.07) is 13.9. The van der Waals surface area contributed by atoms with Gasteiger partial charge in [0.05, 0.1) is 32.3 Å². The Balaban J connectivity index is 1.88. The number of anilines is 1. The van der Waals surface area contributed by atoms with E-state index in [0.29, 0.717) is 11.6 Å². The number of aromatic nitrogens is 2. The molecule has 0 aliphatic rings. The van der Waals surface area contributed by atoms with E-state index in [2.05, 4.69) is 14.7 Å². The van der Waals surface area contributed by atoms with Gasteiger partial charge in [0, 0.05) is 11.6 Å². The third-order valence-electron chi connectivity index (χ3n) is 3.60. The van der Waals surface area contributed by atoms with Crippen LogP contribution in [-0.4, -0.2) is 32.6 Å². The molecule has 0 unspecified atom stereocenters. The van der Waals surface area contributed by atoms with Crippen molar-refractivity contribution in [2.75, 3.05) is 18.9 Å². The number of nitrogens with zero attached hydrogens (tertiary/aromatic N) is 2. The summed E-state index contributed by atoms with van der Waals surface area (Å²) in [6.07, 6.45) is 2.83. The van der Waals surface area contributed by atoms with Crippen molar-refractivity contribution in [3.8, 4) is 22.9 Å². The maximum Gasteiger partial charge on any atom is 0.265 e. The highest BCUT2D eigenvalue weighted by molar-refractivity contribution is 7.92. The van der Waals surface area contributed by atoms with Gasteiger partial charge >= 0.3 is 0 Å². The molecule has 2 aromatic carbocycles. The summed E-state index contributed by atoms with van der Waals surface area (Å²) < 4.78 is 38.1. The van der Waals surface area contributed by atoms with Gasteiger partial charge in [0.15, 0.2) is 5.82 Å². The van der Waals surface area contributed by atoms with E-state index in [4.69, 9.17) is 9.47 Å². The lowest BCUT2D eigenvalue weighted by atomic mass is 10.2. The van der Waals surface area contributed by atoms with E-state index < -0.39 is 10.0 Å². The third kappa shape index (κ3) is 3.75. The first-order valence-corrected chi connectivity index (χ1v) is 9.14. The zero-order chi connectivity index (χ0) is 18.6. The predicted molar refractivity (Wildman–Crippen MR) is 97.8 cm³/mol. The molecule has 8 heteroatoms. The van der Waals surface area contributed by atoms with Gasteiger partial charge in [0.2, 0.25) is 0 Å². The zero-order valence-corrected chi connectivity index (χ0v) is 15.0. The van der Waals surface area contributed by atoms with Crippen molar-refractivity contribution in [3.05, 3.63) is 60.9 Å². The fourth-order valence-corrected chi connectivity index (χ4v) is 3.53. The fourth-order valence-electron chi connectivity index (χ4n) is 2.32. The molecule has 26 heavy (non-hydrogen) atoms. The van der Waals surface area contributed by atoms with Gasteiger partial charge in [-0.2, -0.15) is 0 Å². The quantitative estimate of drug-likeness (QED) is 0.716. The molecule has 7 nitrogen and oxygen atoms in total. The molecule has 1 aromatic heterocycles. The van der Waals surface area contributed by atoms with Crippen molar-refractivity contribution in [2.24, 2.45) is 0 Å². The summed E-state index contributed by atoms with van der Waals surface area (Å²) in [7, 11) is -1.04. The smallest absolute Gasteiger partial charge is 0.265 e. The van der Waals surface area contributed by atoms with E-state index in [1.807, 2.05) is 30.3 Å². The van der Waals surface area contributed by atoms with Gasteiger partial charge in [0.1, 0.15) is 16.4 Å². The van der Waals surface area contributed by atoms with Crippen molar-refractivity contribution < 1.29 is 17.9 Å². The van der Waals surface area contributed by atoms with Crippen LogP contribution in [-0.2, 0) is 10.0 Å². The highest BCUT2D eigenvalue weighted by Crippen LogP contribution is 2.29. The molecule has 0 amide bonds. The predicted octanol–water partition coefficient (Wildman–Crippen LogP) is 2.96. The van der Waals surface area contributed by atoms with Crippen molar-refractivity contribution in [1.82, 2.24) is 9.97 Å². The molecular formula is C18H17N3O4S. The third-order valence-corrected chi connectivity index (χ3v) is 5.00. The lowest BCUT2D eigenvalue weighted by Crippen LogP contribution is -2.14. The Morgan fingerprint density at radius 1 is 0.923 bits per heavy atom. The molecular weight excluding hydrogens is 354 g/mol. The minimum absolute atomic E-state index is 0.0357. The summed E-state index contributed by atoms with van der Waals surface area (Å²) in [5.41, 5.74) is 1.09. The van der Waals surface area contributed by atoms with Crippen molar-refractivity contribution in [2.45, 2.75) is 4.90 Å². The molecule has 3 rings (SSSR count). The van der Waals surface area contributed by atoms with Crippen LogP contribution < -0.4 is 14.2 Å². The van der Waals surface area contributed by atoms with Crippen LogP contribution in [0.1, 0.15) is 0 Å². The molecule has 3 aromatic rings. The normalized spacial score (nSPS) is 11.0. The minimum Gasteiger partial charge on any atom is -0.497 e. The standard InChI is InChI=1S/C18H17N3O4S/c1-24-15-8-9-16(25-2)17(10-15)26(22,23)21-14-11-19-18(20-12-14)13-6-4-3-5-7-13/h3-12,21H,1-2H3. The van der Waals surface area contributed by atoms with Gasteiger partial charge in [0.25, 0.3) is 10.0 Å². The van der Waals surface area contributed by atoms with Crippen molar-refractivity contribution in [1.29, 1.82) is 0 Å². The summed E-state index contributed by atoms with van der Waals surface area (Å²) >= 11 is 0. The van der Waals surface area contributed by atoms with Crippen LogP contribution in [0.5, 0.6) is 11.5 Å². The number of sulfonamides is 1. The summed E-state index contributed by atoms with van der Waals surface area (Å²) in [4.78, 5) is 8.38. The summed E-state index contributed by atoms with van der Waals surface area (Å²) in [5, 5.41) is 0. The highest BCUT2D eigenvalue weighted by atomic mass is 32.2. The number of methoxy groups -OCH3 is 2. The Hall–Kier alpha value is -3.13. The highest BCUT2D eigenvalue weighted by Gasteiger charge is 2.21. The Morgan fingerprint density at radius 3 is 2.23 bits per heavy atom. The van der Waals surface area contributed by atoms with E-state index in [0.717, 1.165) is 5.56 Å². The largest absolute Gasteiger partial charge is 0.497 e.